The molecule has 0 N–H and O–H groups in total. The number of ether oxygens (including phenoxy) is 1. The molecule has 1 fully saturated rings. The number of hydrogen-bond acceptors (Lipinski definition) is 3. The zero-order chi connectivity index (χ0) is 13.4. The van der Waals surface area contributed by atoms with E-state index in [0.717, 1.165) is 18.9 Å². The van der Waals surface area contributed by atoms with Crippen LogP contribution in [0, 0.1) is 11.6 Å². The third-order valence-electron chi connectivity index (χ3n) is 3.83. The van der Waals surface area contributed by atoms with E-state index in [0.29, 0.717) is 31.7 Å². The van der Waals surface area contributed by atoms with Gasteiger partial charge in [-0.25, -0.2) is 8.78 Å². The molecule has 1 heterocycles. The standard InChI is InChI=1S/C14H15F2NO2/c15-9-7-12(16)14-13(8-9)17(5-6-19-14)10-1-3-11(18)4-2-10/h7-8,10H,1-6H2. The van der Waals surface area contributed by atoms with E-state index in [9.17, 15) is 13.6 Å². The third kappa shape index (κ3) is 2.29. The van der Waals surface area contributed by atoms with Crippen molar-refractivity contribution < 1.29 is 18.3 Å². The summed E-state index contributed by atoms with van der Waals surface area (Å²) >= 11 is 0. The molecule has 1 aliphatic heterocycles. The quantitative estimate of drug-likeness (QED) is 0.783. The highest BCUT2D eigenvalue weighted by Gasteiger charge is 2.30. The Hall–Kier alpha value is -1.65. The molecule has 1 aromatic carbocycles. The summed E-state index contributed by atoms with van der Waals surface area (Å²) in [6.45, 7) is 0.995. The van der Waals surface area contributed by atoms with Crippen LogP contribution in [0.2, 0.25) is 0 Å². The summed E-state index contributed by atoms with van der Waals surface area (Å²) in [5.41, 5.74) is 0.475. The Kier molecular flexibility index (Phi) is 3.12. The number of fused-ring (bicyclic) bond motifs is 1. The molecule has 3 nitrogen and oxygen atoms in total. The number of hydrogen-bond donors (Lipinski definition) is 0. The van der Waals surface area contributed by atoms with Gasteiger partial charge in [-0.2, -0.15) is 0 Å². The summed E-state index contributed by atoms with van der Waals surface area (Å²) in [5.74, 6) is -0.857. The van der Waals surface area contributed by atoms with Crippen LogP contribution in [0.1, 0.15) is 25.7 Å². The molecule has 0 saturated heterocycles. The van der Waals surface area contributed by atoms with Gasteiger partial charge in [0, 0.05) is 31.0 Å². The SMILES string of the molecule is O=C1CCC(N2CCOc3c(F)cc(F)cc32)CC1. The zero-order valence-corrected chi connectivity index (χ0v) is 10.5. The minimum absolute atomic E-state index is 0.129. The van der Waals surface area contributed by atoms with Crippen LogP contribution >= 0.6 is 0 Å². The number of benzene rings is 1. The van der Waals surface area contributed by atoms with E-state index in [1.807, 2.05) is 4.90 Å². The zero-order valence-electron chi connectivity index (χ0n) is 10.5. The minimum Gasteiger partial charge on any atom is -0.486 e. The van der Waals surface area contributed by atoms with E-state index >= 15 is 0 Å². The fourth-order valence-electron chi connectivity index (χ4n) is 2.88. The second-order valence-electron chi connectivity index (χ2n) is 5.05. The van der Waals surface area contributed by atoms with Crippen molar-refractivity contribution in [3.63, 3.8) is 0 Å². The lowest BCUT2D eigenvalue weighted by Gasteiger charge is -2.39. The number of nitrogens with zero attached hydrogens (tertiary/aromatic N) is 1. The maximum absolute atomic E-state index is 13.7. The lowest BCUT2D eigenvalue weighted by molar-refractivity contribution is -0.120. The molecule has 3 rings (SSSR count). The highest BCUT2D eigenvalue weighted by molar-refractivity contribution is 5.79. The van der Waals surface area contributed by atoms with Crippen LogP contribution < -0.4 is 9.64 Å². The van der Waals surface area contributed by atoms with E-state index in [-0.39, 0.29) is 17.6 Å². The summed E-state index contributed by atoms with van der Waals surface area (Å²) in [4.78, 5) is 13.3. The van der Waals surface area contributed by atoms with Crippen molar-refractivity contribution in [1.29, 1.82) is 0 Å². The first kappa shape index (κ1) is 12.4. The molecule has 0 spiro atoms. The maximum Gasteiger partial charge on any atom is 0.178 e. The molecule has 1 aromatic rings. The van der Waals surface area contributed by atoms with E-state index in [4.69, 9.17) is 4.74 Å². The van der Waals surface area contributed by atoms with E-state index in [1.165, 1.54) is 6.07 Å². The van der Waals surface area contributed by atoms with Gasteiger partial charge in [0.05, 0.1) is 12.2 Å². The summed E-state index contributed by atoms with van der Waals surface area (Å²) in [6.07, 6.45) is 2.59. The first-order valence-electron chi connectivity index (χ1n) is 6.55. The number of halogens is 2. The van der Waals surface area contributed by atoms with Crippen molar-refractivity contribution in [1.82, 2.24) is 0 Å². The molecule has 0 radical (unpaired) electrons. The van der Waals surface area contributed by atoms with Gasteiger partial charge in [-0.05, 0) is 12.8 Å². The Balaban J connectivity index is 1.91. The van der Waals surface area contributed by atoms with Crippen molar-refractivity contribution >= 4 is 11.5 Å². The highest BCUT2D eigenvalue weighted by Crippen LogP contribution is 2.38. The number of anilines is 1. The summed E-state index contributed by atoms with van der Waals surface area (Å²) in [5, 5.41) is 0. The average Bonchev–Trinajstić information content (AvgIpc) is 2.39. The van der Waals surface area contributed by atoms with Crippen molar-refractivity contribution in [3.05, 3.63) is 23.8 Å². The van der Waals surface area contributed by atoms with Gasteiger partial charge >= 0.3 is 0 Å². The average molecular weight is 267 g/mol. The minimum atomic E-state index is -0.661. The fourth-order valence-corrected chi connectivity index (χ4v) is 2.88. The predicted molar refractivity (Wildman–Crippen MR) is 66.5 cm³/mol. The molecule has 1 aliphatic carbocycles. The van der Waals surface area contributed by atoms with Gasteiger partial charge in [-0.1, -0.05) is 0 Å². The largest absolute Gasteiger partial charge is 0.486 e. The molecule has 0 atom stereocenters. The van der Waals surface area contributed by atoms with E-state index in [1.54, 1.807) is 0 Å². The van der Waals surface area contributed by atoms with Crippen molar-refractivity contribution in [2.24, 2.45) is 0 Å². The van der Waals surface area contributed by atoms with Crippen molar-refractivity contribution in [2.75, 3.05) is 18.1 Å². The second-order valence-corrected chi connectivity index (χ2v) is 5.05. The summed E-state index contributed by atoms with van der Waals surface area (Å²) in [7, 11) is 0. The van der Waals surface area contributed by atoms with Crippen LogP contribution in [0.3, 0.4) is 0 Å². The third-order valence-corrected chi connectivity index (χ3v) is 3.83. The molecule has 0 amide bonds. The van der Waals surface area contributed by atoms with Crippen LogP contribution in [0.5, 0.6) is 5.75 Å². The normalized spacial score (nSPS) is 20.1. The topological polar surface area (TPSA) is 29.5 Å². The molecule has 0 unspecified atom stereocenters. The Morgan fingerprint density at radius 2 is 1.95 bits per heavy atom. The molecule has 1 saturated carbocycles. The monoisotopic (exact) mass is 267 g/mol. The molecule has 19 heavy (non-hydrogen) atoms. The molecule has 0 bridgehead atoms. The molecule has 5 heteroatoms. The van der Waals surface area contributed by atoms with E-state index in [2.05, 4.69) is 0 Å². The number of Topliss-reactive ketones (excluding diaryl/α,β-unsaturated/α-hetero) is 1. The van der Waals surface area contributed by atoms with Gasteiger partial charge in [-0.15, -0.1) is 0 Å². The number of carbonyl (C=O) groups is 1. The fraction of sp³-hybridized carbons (Fsp3) is 0.500. The van der Waals surface area contributed by atoms with Crippen molar-refractivity contribution in [3.8, 4) is 5.75 Å². The van der Waals surface area contributed by atoms with Crippen LogP contribution in [-0.2, 0) is 4.79 Å². The predicted octanol–water partition coefficient (Wildman–Crippen LogP) is 2.68. The Morgan fingerprint density at radius 1 is 1.21 bits per heavy atom. The highest BCUT2D eigenvalue weighted by atomic mass is 19.1. The summed E-state index contributed by atoms with van der Waals surface area (Å²) in [6, 6.07) is 2.32. The number of ketones is 1. The molecule has 102 valence electrons. The van der Waals surface area contributed by atoms with Crippen molar-refractivity contribution in [2.45, 2.75) is 31.7 Å². The van der Waals surface area contributed by atoms with Crippen LogP contribution in [0.4, 0.5) is 14.5 Å². The Labute approximate surface area is 110 Å². The molecular weight excluding hydrogens is 252 g/mol. The van der Waals surface area contributed by atoms with Gasteiger partial charge < -0.3 is 9.64 Å². The van der Waals surface area contributed by atoms with Gasteiger partial charge in [-0.3, -0.25) is 4.79 Å². The van der Waals surface area contributed by atoms with Gasteiger partial charge in [0.25, 0.3) is 0 Å². The summed E-state index contributed by atoms with van der Waals surface area (Å²) < 4.78 is 32.4. The van der Waals surface area contributed by atoms with Crippen LogP contribution in [-0.4, -0.2) is 25.0 Å². The van der Waals surface area contributed by atoms with Gasteiger partial charge in [0.1, 0.15) is 18.2 Å². The van der Waals surface area contributed by atoms with Crippen LogP contribution in [0.25, 0.3) is 0 Å². The lowest BCUT2D eigenvalue weighted by Crippen LogP contribution is -2.43. The molecule has 0 aromatic heterocycles. The first-order chi connectivity index (χ1) is 9.15. The molecular formula is C14H15F2NO2. The second kappa shape index (κ2) is 4.79. The first-order valence-corrected chi connectivity index (χ1v) is 6.55. The maximum atomic E-state index is 13.7. The van der Waals surface area contributed by atoms with Gasteiger partial charge in [0.2, 0.25) is 0 Å². The lowest BCUT2D eigenvalue weighted by atomic mass is 9.92. The van der Waals surface area contributed by atoms with Gasteiger partial charge in [0.15, 0.2) is 11.6 Å². The molecule has 2 aliphatic rings. The van der Waals surface area contributed by atoms with Crippen LogP contribution in [0.15, 0.2) is 12.1 Å². The van der Waals surface area contributed by atoms with E-state index < -0.39 is 11.6 Å². The number of carbonyl (C=O) groups excluding carboxylic acids is 1. The smallest absolute Gasteiger partial charge is 0.178 e. The Morgan fingerprint density at radius 3 is 2.68 bits per heavy atom. The number of rotatable bonds is 1. The Bertz CT molecular complexity index is 508.